The predicted molar refractivity (Wildman–Crippen MR) is 92.4 cm³/mol. The van der Waals surface area contributed by atoms with Crippen LogP contribution in [0.3, 0.4) is 0 Å². The standard InChI is InChI=1S/C12H27N.C5H5N.ClH/c1-2-3-4-5-6-7-8-9-10-11-12-13;1-2-4-6-5-3-1;/h2-13H2,1H3;1-5H;1H. The second-order valence-corrected chi connectivity index (χ2v) is 5.00. The van der Waals surface area contributed by atoms with Gasteiger partial charge < -0.3 is 5.73 Å². The zero-order valence-corrected chi connectivity index (χ0v) is 13.9. The molecule has 1 rings (SSSR count). The van der Waals surface area contributed by atoms with Crippen LogP contribution in [0.5, 0.6) is 0 Å². The molecule has 20 heavy (non-hydrogen) atoms. The highest BCUT2D eigenvalue weighted by Gasteiger charge is 1.91. The van der Waals surface area contributed by atoms with Crippen LogP contribution in [0.2, 0.25) is 0 Å². The van der Waals surface area contributed by atoms with Crippen molar-refractivity contribution in [3.63, 3.8) is 0 Å². The molecule has 1 aromatic heterocycles. The Morgan fingerprint density at radius 1 is 0.700 bits per heavy atom. The Balaban J connectivity index is 0. The fourth-order valence-electron chi connectivity index (χ4n) is 1.94. The Hall–Kier alpha value is -0.600. The average molecular weight is 301 g/mol. The van der Waals surface area contributed by atoms with Gasteiger partial charge in [0.2, 0.25) is 0 Å². The number of aromatic nitrogens is 1. The molecule has 0 saturated heterocycles. The molecule has 0 atom stereocenters. The van der Waals surface area contributed by atoms with Crippen molar-refractivity contribution in [3.8, 4) is 0 Å². The van der Waals surface area contributed by atoms with Crippen LogP contribution in [-0.2, 0) is 0 Å². The van der Waals surface area contributed by atoms with E-state index in [-0.39, 0.29) is 12.4 Å². The van der Waals surface area contributed by atoms with Crippen molar-refractivity contribution >= 4 is 12.4 Å². The largest absolute Gasteiger partial charge is 0.330 e. The third-order valence-corrected chi connectivity index (χ3v) is 3.12. The molecule has 0 radical (unpaired) electrons. The van der Waals surface area contributed by atoms with E-state index in [9.17, 15) is 0 Å². The van der Waals surface area contributed by atoms with E-state index in [2.05, 4.69) is 11.9 Å². The Kier molecular flexibility index (Phi) is 22.5. The second kappa shape index (κ2) is 20.7. The third kappa shape index (κ3) is 19.7. The summed E-state index contributed by atoms with van der Waals surface area (Å²) in [6, 6.07) is 5.72. The summed E-state index contributed by atoms with van der Waals surface area (Å²) in [6.07, 6.45) is 17.4. The normalized spacial score (nSPS) is 9.30. The van der Waals surface area contributed by atoms with E-state index in [1.807, 2.05) is 18.2 Å². The predicted octanol–water partition coefficient (Wildman–Crippen LogP) is 5.37. The summed E-state index contributed by atoms with van der Waals surface area (Å²) in [5, 5.41) is 0. The summed E-state index contributed by atoms with van der Waals surface area (Å²) < 4.78 is 0. The number of nitrogens with zero attached hydrogens (tertiary/aromatic N) is 1. The smallest absolute Gasteiger partial charge is 0.0267 e. The van der Waals surface area contributed by atoms with Crippen LogP contribution in [0, 0.1) is 0 Å². The Morgan fingerprint density at radius 3 is 1.45 bits per heavy atom. The first-order chi connectivity index (χ1) is 9.41. The van der Waals surface area contributed by atoms with Gasteiger partial charge in [-0.2, -0.15) is 0 Å². The summed E-state index contributed by atoms with van der Waals surface area (Å²) in [4.78, 5) is 3.78. The van der Waals surface area contributed by atoms with Gasteiger partial charge in [-0.15, -0.1) is 12.4 Å². The van der Waals surface area contributed by atoms with Gasteiger partial charge in [0.05, 0.1) is 0 Å². The fourth-order valence-corrected chi connectivity index (χ4v) is 1.94. The van der Waals surface area contributed by atoms with Crippen LogP contribution in [0.1, 0.15) is 71.1 Å². The van der Waals surface area contributed by atoms with Gasteiger partial charge in [-0.05, 0) is 25.1 Å². The van der Waals surface area contributed by atoms with Gasteiger partial charge in [0.1, 0.15) is 0 Å². The maximum Gasteiger partial charge on any atom is 0.0267 e. The molecular formula is C17H33ClN2. The summed E-state index contributed by atoms with van der Waals surface area (Å²) in [7, 11) is 0. The number of nitrogens with two attached hydrogens (primary N) is 1. The average Bonchev–Trinajstić information content (AvgIpc) is 2.48. The molecule has 1 heterocycles. The van der Waals surface area contributed by atoms with Crippen LogP contribution >= 0.6 is 12.4 Å². The first-order valence-corrected chi connectivity index (χ1v) is 7.97. The van der Waals surface area contributed by atoms with Crippen molar-refractivity contribution in [3.05, 3.63) is 30.6 Å². The number of hydrogen-bond acceptors (Lipinski definition) is 2. The molecule has 0 saturated carbocycles. The molecule has 0 aliphatic carbocycles. The SMILES string of the molecule is CCCCCCCCCCCCN.Cl.c1ccncc1. The Labute approximate surface area is 132 Å². The van der Waals surface area contributed by atoms with E-state index in [0.29, 0.717) is 0 Å². The molecule has 3 heteroatoms. The van der Waals surface area contributed by atoms with Crippen LogP contribution in [0.25, 0.3) is 0 Å². The lowest BCUT2D eigenvalue weighted by Crippen LogP contribution is -1.97. The van der Waals surface area contributed by atoms with E-state index in [1.54, 1.807) is 12.4 Å². The highest BCUT2D eigenvalue weighted by molar-refractivity contribution is 5.85. The lowest BCUT2D eigenvalue weighted by atomic mass is 10.1. The van der Waals surface area contributed by atoms with E-state index >= 15 is 0 Å². The lowest BCUT2D eigenvalue weighted by Gasteiger charge is -2.00. The Morgan fingerprint density at radius 2 is 1.15 bits per heavy atom. The summed E-state index contributed by atoms with van der Waals surface area (Å²) >= 11 is 0. The van der Waals surface area contributed by atoms with Crippen molar-refractivity contribution in [2.24, 2.45) is 5.73 Å². The zero-order valence-electron chi connectivity index (χ0n) is 13.1. The lowest BCUT2D eigenvalue weighted by molar-refractivity contribution is 0.558. The van der Waals surface area contributed by atoms with Crippen molar-refractivity contribution in [1.82, 2.24) is 4.98 Å². The van der Waals surface area contributed by atoms with Gasteiger partial charge in [-0.3, -0.25) is 4.98 Å². The van der Waals surface area contributed by atoms with Gasteiger partial charge in [0.25, 0.3) is 0 Å². The second-order valence-electron chi connectivity index (χ2n) is 5.00. The van der Waals surface area contributed by atoms with Gasteiger partial charge in [-0.25, -0.2) is 0 Å². The summed E-state index contributed by atoms with van der Waals surface area (Å²) in [5.41, 5.74) is 5.42. The minimum Gasteiger partial charge on any atom is -0.330 e. The molecular weight excluding hydrogens is 268 g/mol. The summed E-state index contributed by atoms with van der Waals surface area (Å²) in [5.74, 6) is 0. The minimum atomic E-state index is 0. The molecule has 0 unspecified atom stereocenters. The number of pyridine rings is 1. The monoisotopic (exact) mass is 300 g/mol. The van der Waals surface area contributed by atoms with Gasteiger partial charge in [-0.1, -0.05) is 70.8 Å². The minimum absolute atomic E-state index is 0. The van der Waals surface area contributed by atoms with Crippen molar-refractivity contribution in [2.45, 2.75) is 71.1 Å². The van der Waals surface area contributed by atoms with Crippen LogP contribution in [0.4, 0.5) is 0 Å². The topological polar surface area (TPSA) is 38.9 Å². The Bertz CT molecular complexity index is 205. The number of rotatable bonds is 10. The van der Waals surface area contributed by atoms with Gasteiger partial charge >= 0.3 is 0 Å². The highest BCUT2D eigenvalue weighted by Crippen LogP contribution is 2.09. The molecule has 1 aromatic rings. The molecule has 0 amide bonds. The van der Waals surface area contributed by atoms with Gasteiger partial charge in [0.15, 0.2) is 0 Å². The highest BCUT2D eigenvalue weighted by atomic mass is 35.5. The molecule has 0 spiro atoms. The molecule has 0 aliphatic heterocycles. The van der Waals surface area contributed by atoms with E-state index < -0.39 is 0 Å². The quantitative estimate of drug-likeness (QED) is 0.590. The van der Waals surface area contributed by atoms with Crippen LogP contribution in [-0.4, -0.2) is 11.5 Å². The number of hydrogen-bond donors (Lipinski definition) is 1. The van der Waals surface area contributed by atoms with Crippen LogP contribution in [0.15, 0.2) is 30.6 Å². The zero-order chi connectivity index (χ0) is 14.0. The maximum atomic E-state index is 5.42. The molecule has 2 N–H and O–H groups in total. The maximum absolute atomic E-state index is 5.42. The fraction of sp³-hybridized carbons (Fsp3) is 0.706. The van der Waals surface area contributed by atoms with Crippen molar-refractivity contribution in [2.75, 3.05) is 6.54 Å². The first-order valence-electron chi connectivity index (χ1n) is 7.97. The molecule has 0 aromatic carbocycles. The van der Waals surface area contributed by atoms with E-state index in [1.165, 1.54) is 64.2 Å². The summed E-state index contributed by atoms with van der Waals surface area (Å²) in [6.45, 7) is 3.14. The molecule has 0 bridgehead atoms. The number of halogens is 1. The molecule has 0 fully saturated rings. The van der Waals surface area contributed by atoms with Crippen molar-refractivity contribution in [1.29, 1.82) is 0 Å². The molecule has 0 aliphatic rings. The first kappa shape index (κ1) is 21.7. The van der Waals surface area contributed by atoms with E-state index in [0.717, 1.165) is 6.54 Å². The van der Waals surface area contributed by atoms with Crippen molar-refractivity contribution < 1.29 is 0 Å². The third-order valence-electron chi connectivity index (χ3n) is 3.12. The number of unbranched alkanes of at least 4 members (excludes halogenated alkanes) is 9. The van der Waals surface area contributed by atoms with E-state index in [4.69, 9.17) is 5.73 Å². The van der Waals surface area contributed by atoms with Gasteiger partial charge in [0, 0.05) is 12.4 Å². The molecule has 2 nitrogen and oxygen atoms in total. The molecule has 118 valence electrons. The van der Waals surface area contributed by atoms with Crippen LogP contribution < -0.4 is 5.73 Å².